The van der Waals surface area contributed by atoms with Crippen LogP contribution in [0.5, 0.6) is 0 Å². The number of rotatable bonds is 5. The molecule has 0 aliphatic carbocycles. The molecule has 2 aromatic carbocycles. The summed E-state index contributed by atoms with van der Waals surface area (Å²) in [7, 11) is 0. The Labute approximate surface area is 162 Å². The van der Waals surface area contributed by atoms with Gasteiger partial charge in [0.1, 0.15) is 5.01 Å². The van der Waals surface area contributed by atoms with Crippen LogP contribution < -0.4 is 0 Å². The Kier molecular flexibility index (Phi) is 5.51. The van der Waals surface area contributed by atoms with E-state index in [1.54, 1.807) is 17.5 Å². The summed E-state index contributed by atoms with van der Waals surface area (Å²) >= 11 is 1.37. The molecule has 0 amide bonds. The van der Waals surface area contributed by atoms with Crippen LogP contribution in [0.25, 0.3) is 10.6 Å². The highest BCUT2D eigenvalue weighted by Crippen LogP contribution is 2.24. The van der Waals surface area contributed by atoms with Gasteiger partial charge in [0.2, 0.25) is 0 Å². The van der Waals surface area contributed by atoms with Gasteiger partial charge < -0.3 is 4.74 Å². The van der Waals surface area contributed by atoms with Gasteiger partial charge in [0.25, 0.3) is 0 Å². The van der Waals surface area contributed by atoms with Crippen LogP contribution in [0.2, 0.25) is 0 Å². The lowest BCUT2D eigenvalue weighted by Gasteiger charge is -2.18. The number of nitrogens with zero attached hydrogens (tertiary/aromatic N) is 1. The number of hydrogen-bond acceptors (Lipinski definition) is 5. The molecule has 0 fully saturated rings. The average molecular weight is 379 g/mol. The van der Waals surface area contributed by atoms with E-state index in [9.17, 15) is 9.59 Å². The maximum atomic E-state index is 12.3. The molecule has 5 heteroatoms. The molecule has 0 N–H and O–H groups in total. The Morgan fingerprint density at radius 3 is 2.30 bits per heavy atom. The Bertz CT molecular complexity index is 938. The number of ketones is 1. The fraction of sp³-hybridized carbons (Fsp3) is 0.227. The lowest BCUT2D eigenvalue weighted by molar-refractivity contribution is 0.0470. The van der Waals surface area contributed by atoms with Crippen LogP contribution in [0.15, 0.2) is 60.0 Å². The molecule has 4 nitrogen and oxygen atoms in total. The summed E-state index contributed by atoms with van der Waals surface area (Å²) in [5.41, 5.74) is 2.85. The van der Waals surface area contributed by atoms with E-state index in [0.717, 1.165) is 16.1 Å². The summed E-state index contributed by atoms with van der Waals surface area (Å²) in [5.74, 6) is -0.824. The predicted octanol–water partition coefficient (Wildman–Crippen LogP) is 5.15. The fourth-order valence-corrected chi connectivity index (χ4v) is 3.32. The van der Waals surface area contributed by atoms with Crippen molar-refractivity contribution >= 4 is 23.1 Å². The summed E-state index contributed by atoms with van der Waals surface area (Å²) in [6, 6.07) is 17.0. The molecule has 27 heavy (non-hydrogen) atoms. The van der Waals surface area contributed by atoms with Crippen LogP contribution in [0.4, 0.5) is 0 Å². The Morgan fingerprint density at radius 1 is 1.00 bits per heavy atom. The van der Waals surface area contributed by atoms with E-state index in [1.165, 1.54) is 11.3 Å². The maximum absolute atomic E-state index is 12.3. The Hall–Kier alpha value is -2.79. The van der Waals surface area contributed by atoms with Crippen LogP contribution in [0.1, 0.15) is 47.2 Å². The second-order valence-corrected chi connectivity index (χ2v) is 8.09. The van der Waals surface area contributed by atoms with Gasteiger partial charge in [-0.3, -0.25) is 4.79 Å². The summed E-state index contributed by atoms with van der Waals surface area (Å²) in [6.07, 6.45) is 0. The van der Waals surface area contributed by atoms with Crippen molar-refractivity contribution in [3.8, 4) is 10.6 Å². The van der Waals surface area contributed by atoms with Crippen molar-refractivity contribution in [3.05, 3.63) is 76.8 Å². The van der Waals surface area contributed by atoms with Gasteiger partial charge in [0, 0.05) is 16.5 Å². The molecule has 3 aromatic rings. The molecular weight excluding hydrogens is 358 g/mol. The zero-order valence-corrected chi connectivity index (χ0v) is 16.4. The molecule has 0 atom stereocenters. The number of hydrogen-bond donors (Lipinski definition) is 0. The highest BCUT2D eigenvalue weighted by Gasteiger charge is 2.17. The van der Waals surface area contributed by atoms with E-state index < -0.39 is 5.97 Å². The molecule has 0 bridgehead atoms. The lowest BCUT2D eigenvalue weighted by Crippen LogP contribution is -2.15. The van der Waals surface area contributed by atoms with Crippen molar-refractivity contribution in [2.24, 2.45) is 0 Å². The summed E-state index contributed by atoms with van der Waals surface area (Å²) in [5, 5.41) is 2.39. The zero-order chi connectivity index (χ0) is 19.4. The first-order valence-electron chi connectivity index (χ1n) is 8.66. The monoisotopic (exact) mass is 379 g/mol. The van der Waals surface area contributed by atoms with Gasteiger partial charge in [-0.2, -0.15) is 0 Å². The van der Waals surface area contributed by atoms with E-state index >= 15 is 0 Å². The number of ether oxygens (including phenoxy) is 1. The lowest BCUT2D eigenvalue weighted by atomic mass is 9.86. The minimum absolute atomic E-state index is 0.0229. The molecule has 3 rings (SSSR count). The van der Waals surface area contributed by atoms with Crippen LogP contribution in [0, 0.1) is 0 Å². The average Bonchev–Trinajstić information content (AvgIpc) is 3.16. The number of thiazole rings is 1. The molecule has 1 heterocycles. The quantitative estimate of drug-likeness (QED) is 0.454. The summed E-state index contributed by atoms with van der Waals surface area (Å²) in [4.78, 5) is 28.8. The van der Waals surface area contributed by atoms with Gasteiger partial charge in [-0.15, -0.1) is 11.3 Å². The van der Waals surface area contributed by atoms with Gasteiger partial charge >= 0.3 is 5.97 Å². The Morgan fingerprint density at radius 2 is 1.67 bits per heavy atom. The first-order chi connectivity index (χ1) is 12.8. The second kappa shape index (κ2) is 7.84. The Balaban J connectivity index is 1.61. The van der Waals surface area contributed by atoms with Crippen LogP contribution in [-0.2, 0) is 10.2 Å². The van der Waals surface area contributed by atoms with Crippen LogP contribution in [0.3, 0.4) is 0 Å². The van der Waals surface area contributed by atoms with E-state index in [2.05, 4.69) is 25.8 Å². The van der Waals surface area contributed by atoms with Gasteiger partial charge in [-0.1, -0.05) is 75.4 Å². The predicted molar refractivity (Wildman–Crippen MR) is 107 cm³/mol. The third kappa shape index (κ3) is 4.68. The molecule has 0 aliphatic heterocycles. The van der Waals surface area contributed by atoms with Crippen molar-refractivity contribution in [2.75, 3.05) is 6.61 Å². The molecule has 1 aromatic heterocycles. The first-order valence-corrected chi connectivity index (χ1v) is 9.54. The minimum Gasteiger partial charge on any atom is -0.453 e. The number of Topliss-reactive ketones (excluding diaryl/α,β-unsaturated/α-hetero) is 1. The molecule has 138 valence electrons. The third-order valence-electron chi connectivity index (χ3n) is 4.14. The zero-order valence-electron chi connectivity index (χ0n) is 15.6. The van der Waals surface area contributed by atoms with E-state index in [0.29, 0.717) is 5.56 Å². The number of aromatic nitrogens is 1. The minimum atomic E-state index is -0.590. The van der Waals surface area contributed by atoms with E-state index in [-0.39, 0.29) is 23.5 Å². The van der Waals surface area contributed by atoms with Crippen molar-refractivity contribution in [1.82, 2.24) is 4.98 Å². The van der Waals surface area contributed by atoms with Crippen molar-refractivity contribution in [2.45, 2.75) is 26.2 Å². The second-order valence-electron chi connectivity index (χ2n) is 7.23. The summed E-state index contributed by atoms with van der Waals surface area (Å²) in [6.45, 7) is 6.04. The number of benzene rings is 2. The van der Waals surface area contributed by atoms with Crippen molar-refractivity contribution in [3.63, 3.8) is 0 Å². The molecule has 0 aliphatic rings. The molecule has 0 saturated heterocycles. The largest absolute Gasteiger partial charge is 0.453 e. The SMILES string of the molecule is CC(C)(C)c1ccc(C(=O)COC(=O)c2csc(-c3ccccc3)n2)cc1. The first kappa shape index (κ1) is 19.0. The third-order valence-corrected chi connectivity index (χ3v) is 5.03. The van der Waals surface area contributed by atoms with Crippen molar-refractivity contribution in [1.29, 1.82) is 0 Å². The molecule has 0 saturated carbocycles. The van der Waals surface area contributed by atoms with Gasteiger partial charge in [-0.25, -0.2) is 9.78 Å². The molecule has 0 spiro atoms. The standard InChI is InChI=1S/C22H21NO3S/c1-22(2,3)17-11-9-15(10-12-17)19(24)13-26-21(25)18-14-27-20(23-18)16-7-5-4-6-8-16/h4-12,14H,13H2,1-3H3. The van der Waals surface area contributed by atoms with Crippen LogP contribution >= 0.6 is 11.3 Å². The number of carbonyl (C=O) groups excluding carboxylic acids is 2. The van der Waals surface area contributed by atoms with Gasteiger partial charge in [0.15, 0.2) is 18.1 Å². The summed E-state index contributed by atoms with van der Waals surface area (Å²) < 4.78 is 5.15. The smallest absolute Gasteiger partial charge is 0.358 e. The van der Waals surface area contributed by atoms with E-state index in [4.69, 9.17) is 4.74 Å². The molecular formula is C22H21NO3S. The maximum Gasteiger partial charge on any atom is 0.358 e. The number of esters is 1. The topological polar surface area (TPSA) is 56.3 Å². The highest BCUT2D eigenvalue weighted by molar-refractivity contribution is 7.13. The van der Waals surface area contributed by atoms with Gasteiger partial charge in [0.05, 0.1) is 0 Å². The number of carbonyl (C=O) groups is 2. The van der Waals surface area contributed by atoms with Gasteiger partial charge in [-0.05, 0) is 11.0 Å². The molecule has 0 radical (unpaired) electrons. The van der Waals surface area contributed by atoms with Crippen molar-refractivity contribution < 1.29 is 14.3 Å². The van der Waals surface area contributed by atoms with E-state index in [1.807, 2.05) is 42.5 Å². The van der Waals surface area contributed by atoms with Crippen LogP contribution in [-0.4, -0.2) is 23.3 Å². The normalized spacial score (nSPS) is 11.2. The molecule has 0 unspecified atom stereocenters. The highest BCUT2D eigenvalue weighted by atomic mass is 32.1. The fourth-order valence-electron chi connectivity index (χ4n) is 2.53.